The van der Waals surface area contributed by atoms with E-state index in [1.165, 1.54) is 51.5 Å². The van der Waals surface area contributed by atoms with Crippen LogP contribution in [0.1, 0.15) is 22.9 Å². The van der Waals surface area contributed by atoms with E-state index in [2.05, 4.69) is 121 Å². The molecule has 8 rings (SSSR count). The van der Waals surface area contributed by atoms with Gasteiger partial charge in [-0.2, -0.15) is 0 Å². The lowest BCUT2D eigenvalue weighted by molar-refractivity contribution is 0.683. The smallest absolute Gasteiger partial charge is 0.135 e. The van der Waals surface area contributed by atoms with Crippen LogP contribution in [-0.4, -0.2) is 5.84 Å². The Balaban J connectivity index is 1.17. The molecule has 0 saturated heterocycles. The Hall–Kier alpha value is -5.07. The standard InChI is InChI=1S/C40H29N3S2/c1-25(29-17-10-19-32-31-16-8-9-21-35(31)44-37(29)32)42-40(27-14-6-3-7-15-27)43-39(41)28-22-23-36-34(24-28)33-20-11-18-30(38(33)45-36)26-12-4-2-5-13-26/h2-24,39H,1,41H2,(H,42,43). The Labute approximate surface area is 269 Å². The normalized spacial score (nSPS) is 12.7. The maximum absolute atomic E-state index is 6.90. The number of thiophene rings is 2. The molecular weight excluding hydrogens is 587 g/mol. The van der Waals surface area contributed by atoms with Crippen LogP contribution in [0, 0.1) is 0 Å². The molecule has 1 unspecified atom stereocenters. The van der Waals surface area contributed by atoms with Crippen LogP contribution in [0.4, 0.5) is 0 Å². The van der Waals surface area contributed by atoms with E-state index in [-0.39, 0.29) is 0 Å². The molecule has 0 amide bonds. The monoisotopic (exact) mass is 615 g/mol. The number of rotatable bonds is 6. The van der Waals surface area contributed by atoms with E-state index in [0.29, 0.717) is 11.5 Å². The highest BCUT2D eigenvalue weighted by molar-refractivity contribution is 7.26. The molecule has 0 aliphatic heterocycles. The molecule has 6 aromatic carbocycles. The van der Waals surface area contributed by atoms with Gasteiger partial charge in [-0.05, 0) is 34.9 Å². The van der Waals surface area contributed by atoms with E-state index >= 15 is 0 Å². The van der Waals surface area contributed by atoms with Crippen LogP contribution in [0.5, 0.6) is 0 Å². The van der Waals surface area contributed by atoms with Crippen molar-refractivity contribution in [3.63, 3.8) is 0 Å². The molecule has 8 aromatic rings. The topological polar surface area (TPSA) is 50.4 Å². The summed E-state index contributed by atoms with van der Waals surface area (Å²) in [6, 6.07) is 48.7. The van der Waals surface area contributed by atoms with Gasteiger partial charge >= 0.3 is 0 Å². The predicted molar refractivity (Wildman–Crippen MR) is 196 cm³/mol. The second kappa shape index (κ2) is 11.5. The van der Waals surface area contributed by atoms with Gasteiger partial charge in [0, 0.05) is 51.5 Å². The fourth-order valence-electron chi connectivity index (χ4n) is 6.03. The molecule has 0 saturated carbocycles. The quantitative estimate of drug-likeness (QED) is 0.111. The third-order valence-electron chi connectivity index (χ3n) is 8.27. The average molecular weight is 616 g/mol. The van der Waals surface area contributed by atoms with Gasteiger partial charge in [0.25, 0.3) is 0 Å². The van der Waals surface area contributed by atoms with E-state index in [9.17, 15) is 0 Å². The van der Waals surface area contributed by atoms with Gasteiger partial charge in [0.1, 0.15) is 12.0 Å². The Kier molecular flexibility index (Phi) is 6.99. The van der Waals surface area contributed by atoms with Crippen molar-refractivity contribution in [2.75, 3.05) is 0 Å². The van der Waals surface area contributed by atoms with E-state index in [1.807, 2.05) is 41.7 Å². The Morgan fingerprint density at radius 2 is 1.27 bits per heavy atom. The Bertz CT molecular complexity index is 2380. The summed E-state index contributed by atoms with van der Waals surface area (Å²) in [7, 11) is 0. The zero-order valence-electron chi connectivity index (χ0n) is 24.4. The summed E-state index contributed by atoms with van der Waals surface area (Å²) < 4.78 is 4.97. The average Bonchev–Trinajstić information content (AvgIpc) is 3.67. The number of hydrogen-bond donors (Lipinski definition) is 2. The first-order valence-electron chi connectivity index (χ1n) is 14.9. The van der Waals surface area contributed by atoms with Crippen molar-refractivity contribution < 1.29 is 0 Å². The summed E-state index contributed by atoms with van der Waals surface area (Å²) in [5, 5.41) is 8.47. The highest BCUT2D eigenvalue weighted by Crippen LogP contribution is 2.41. The molecule has 3 nitrogen and oxygen atoms in total. The highest BCUT2D eigenvalue weighted by Gasteiger charge is 2.16. The molecule has 0 spiro atoms. The number of hydrogen-bond acceptors (Lipinski definition) is 4. The van der Waals surface area contributed by atoms with Crippen molar-refractivity contribution in [3.8, 4) is 11.1 Å². The number of aliphatic imine (C=N–C) groups is 1. The minimum atomic E-state index is -0.478. The molecule has 2 aromatic heterocycles. The van der Waals surface area contributed by atoms with Gasteiger partial charge in [-0.15, -0.1) is 22.7 Å². The maximum Gasteiger partial charge on any atom is 0.135 e. The van der Waals surface area contributed by atoms with Crippen molar-refractivity contribution in [1.82, 2.24) is 5.32 Å². The fourth-order valence-corrected chi connectivity index (χ4v) is 8.49. The Morgan fingerprint density at radius 1 is 0.622 bits per heavy atom. The summed E-state index contributed by atoms with van der Waals surface area (Å²) in [6.45, 7) is 4.43. The largest absolute Gasteiger partial charge is 0.350 e. The van der Waals surface area contributed by atoms with Crippen LogP contribution >= 0.6 is 22.7 Å². The van der Waals surface area contributed by atoms with Gasteiger partial charge < -0.3 is 11.1 Å². The number of nitrogens with one attached hydrogen (secondary N) is 1. The van der Waals surface area contributed by atoms with Gasteiger partial charge in [0.2, 0.25) is 0 Å². The van der Waals surface area contributed by atoms with Gasteiger partial charge in [-0.25, -0.2) is 4.99 Å². The molecule has 0 bridgehead atoms. The van der Waals surface area contributed by atoms with Gasteiger partial charge in [-0.1, -0.05) is 128 Å². The number of benzene rings is 6. The number of fused-ring (bicyclic) bond motifs is 6. The summed E-state index contributed by atoms with van der Waals surface area (Å²) >= 11 is 3.61. The predicted octanol–water partition coefficient (Wildman–Crippen LogP) is 10.8. The van der Waals surface area contributed by atoms with Gasteiger partial charge in [0.15, 0.2) is 0 Å². The van der Waals surface area contributed by atoms with E-state index < -0.39 is 6.17 Å². The third kappa shape index (κ3) is 5.01. The summed E-state index contributed by atoms with van der Waals surface area (Å²) in [5.74, 6) is 0.688. The number of nitrogens with zero attached hydrogens (tertiary/aromatic N) is 1. The van der Waals surface area contributed by atoms with Crippen LogP contribution in [0.3, 0.4) is 0 Å². The molecule has 0 aliphatic rings. The van der Waals surface area contributed by atoms with Crippen molar-refractivity contribution in [2.24, 2.45) is 10.7 Å². The van der Waals surface area contributed by atoms with Gasteiger partial charge in [-0.3, -0.25) is 0 Å². The molecule has 0 radical (unpaired) electrons. The zero-order chi connectivity index (χ0) is 30.3. The molecule has 3 N–H and O–H groups in total. The second-order valence-electron chi connectivity index (χ2n) is 11.1. The van der Waals surface area contributed by atoms with Gasteiger partial charge in [0.05, 0.1) is 5.70 Å². The zero-order valence-corrected chi connectivity index (χ0v) is 26.0. The lowest BCUT2D eigenvalue weighted by Crippen LogP contribution is -2.34. The van der Waals surface area contributed by atoms with Crippen LogP contribution in [0.15, 0.2) is 151 Å². The lowest BCUT2D eigenvalue weighted by Gasteiger charge is -2.18. The van der Waals surface area contributed by atoms with E-state index in [4.69, 9.17) is 10.7 Å². The number of nitrogens with two attached hydrogens (primary N) is 1. The number of amidine groups is 1. The maximum atomic E-state index is 6.90. The first kappa shape index (κ1) is 27.5. The van der Waals surface area contributed by atoms with Crippen LogP contribution < -0.4 is 11.1 Å². The van der Waals surface area contributed by atoms with Crippen LogP contribution in [0.2, 0.25) is 0 Å². The van der Waals surface area contributed by atoms with E-state index in [0.717, 1.165) is 16.7 Å². The van der Waals surface area contributed by atoms with Crippen molar-refractivity contribution in [3.05, 3.63) is 163 Å². The van der Waals surface area contributed by atoms with Crippen LogP contribution in [0.25, 0.3) is 57.2 Å². The lowest BCUT2D eigenvalue weighted by atomic mass is 10.0. The Morgan fingerprint density at radius 3 is 2.09 bits per heavy atom. The molecule has 0 fully saturated rings. The SMILES string of the molecule is C=C(/N=C(\NC(N)c1ccc2sc3c(-c4ccccc4)cccc3c2c1)c1ccccc1)c1cccc2c1sc1ccccc12. The van der Waals surface area contributed by atoms with Crippen molar-refractivity contribution in [2.45, 2.75) is 6.17 Å². The summed E-state index contributed by atoms with van der Waals surface area (Å²) in [6.07, 6.45) is -0.478. The first-order chi connectivity index (χ1) is 22.1. The molecule has 0 aliphatic carbocycles. The molecular formula is C40H29N3S2. The molecule has 45 heavy (non-hydrogen) atoms. The minimum Gasteiger partial charge on any atom is -0.350 e. The third-order valence-corrected chi connectivity index (χ3v) is 10.7. The van der Waals surface area contributed by atoms with E-state index in [1.54, 1.807) is 11.3 Å². The fraction of sp³-hybridized carbons (Fsp3) is 0.0250. The molecule has 1 atom stereocenters. The molecule has 5 heteroatoms. The van der Waals surface area contributed by atoms with Crippen LogP contribution in [-0.2, 0) is 0 Å². The van der Waals surface area contributed by atoms with Crippen molar-refractivity contribution in [1.29, 1.82) is 0 Å². The minimum absolute atomic E-state index is 0.478. The highest BCUT2D eigenvalue weighted by atomic mass is 32.1. The summed E-state index contributed by atoms with van der Waals surface area (Å²) in [4.78, 5) is 5.09. The van der Waals surface area contributed by atoms with Crippen molar-refractivity contribution >= 4 is 74.6 Å². The molecule has 216 valence electrons. The summed E-state index contributed by atoms with van der Waals surface area (Å²) in [5.41, 5.74) is 13.0. The molecule has 2 heterocycles. The first-order valence-corrected chi connectivity index (χ1v) is 16.5. The second-order valence-corrected chi connectivity index (χ2v) is 13.2.